The number of sulfonamides is 1. The summed E-state index contributed by atoms with van der Waals surface area (Å²) in [5.41, 5.74) is 0.764. The van der Waals surface area contributed by atoms with Crippen molar-refractivity contribution in [3.63, 3.8) is 0 Å². The average molecular weight is 322 g/mol. The number of fused-ring (bicyclic) bond motifs is 1. The van der Waals surface area contributed by atoms with Crippen LogP contribution in [0.1, 0.15) is 24.6 Å². The lowest BCUT2D eigenvalue weighted by Crippen LogP contribution is -2.37. The zero-order valence-electron chi connectivity index (χ0n) is 12.2. The van der Waals surface area contributed by atoms with Gasteiger partial charge in [-0.25, -0.2) is 13.1 Å². The number of para-hydroxylation sites is 1. The third-order valence-electron chi connectivity index (χ3n) is 3.79. The highest BCUT2D eigenvalue weighted by atomic mass is 32.2. The molecular weight excluding hydrogens is 304 g/mol. The Bertz CT molecular complexity index is 760. The van der Waals surface area contributed by atoms with E-state index in [1.165, 1.54) is 7.05 Å². The number of hydrogen-bond donors (Lipinski definition) is 2. The average Bonchev–Trinajstić information content (AvgIpc) is 3.22. The van der Waals surface area contributed by atoms with Crippen LogP contribution in [-0.2, 0) is 14.8 Å². The van der Waals surface area contributed by atoms with Crippen molar-refractivity contribution in [1.82, 2.24) is 10.0 Å². The zero-order chi connectivity index (χ0) is 15.7. The Morgan fingerprint density at radius 1 is 1.36 bits per heavy atom. The van der Waals surface area contributed by atoms with Gasteiger partial charge in [0.1, 0.15) is 17.1 Å². The highest BCUT2D eigenvalue weighted by Crippen LogP contribution is 2.42. The summed E-state index contributed by atoms with van der Waals surface area (Å²) in [7, 11) is -2.28. The van der Waals surface area contributed by atoms with Crippen LogP contribution in [0.15, 0.2) is 34.7 Å². The molecule has 0 aliphatic heterocycles. The summed E-state index contributed by atoms with van der Waals surface area (Å²) in [6, 6.07) is 9.26. The summed E-state index contributed by atoms with van der Waals surface area (Å²) in [6.07, 6.45) is 2.00. The lowest BCUT2D eigenvalue weighted by molar-refractivity contribution is -0.119. The molecule has 0 radical (unpaired) electrons. The Hall–Kier alpha value is -1.86. The van der Waals surface area contributed by atoms with E-state index in [1.54, 1.807) is 0 Å². The Morgan fingerprint density at radius 2 is 2.09 bits per heavy atom. The molecule has 1 fully saturated rings. The largest absolute Gasteiger partial charge is 0.459 e. The monoisotopic (exact) mass is 322 g/mol. The predicted octanol–water partition coefficient (Wildman–Crippen LogP) is 1.55. The third-order valence-corrected chi connectivity index (χ3v) is 5.06. The maximum Gasteiger partial charge on any atom is 0.237 e. The fraction of sp³-hybridized carbons (Fsp3) is 0.400. The fourth-order valence-corrected chi connectivity index (χ4v) is 3.04. The summed E-state index contributed by atoms with van der Waals surface area (Å²) in [5.74, 6) is -0.111. The summed E-state index contributed by atoms with van der Waals surface area (Å²) in [4.78, 5) is 12.0. The highest BCUT2D eigenvalue weighted by Gasteiger charge is 2.36. The summed E-state index contributed by atoms with van der Waals surface area (Å²) in [5, 5.41) is 3.77. The molecule has 0 spiro atoms. The molecule has 2 aromatic rings. The number of benzene rings is 1. The minimum Gasteiger partial charge on any atom is -0.459 e. The van der Waals surface area contributed by atoms with Crippen molar-refractivity contribution < 1.29 is 17.6 Å². The maximum absolute atomic E-state index is 12.0. The van der Waals surface area contributed by atoms with E-state index in [2.05, 4.69) is 10.0 Å². The fourth-order valence-electron chi connectivity index (χ4n) is 2.47. The van der Waals surface area contributed by atoms with E-state index in [1.807, 2.05) is 30.3 Å². The Kier molecular flexibility index (Phi) is 3.92. The number of rotatable bonds is 6. The van der Waals surface area contributed by atoms with E-state index in [0.717, 1.165) is 23.8 Å². The second-order valence-corrected chi connectivity index (χ2v) is 7.46. The molecule has 1 aliphatic carbocycles. The Balaban J connectivity index is 1.80. The van der Waals surface area contributed by atoms with Crippen LogP contribution in [0.5, 0.6) is 0 Å². The molecule has 0 bridgehead atoms. The SMILES string of the molecule is CNS(=O)(=O)CC(=O)N[C@H](c1cc2ccccc2o1)C1CC1. The van der Waals surface area contributed by atoms with Gasteiger partial charge in [0, 0.05) is 5.39 Å². The Labute approximate surface area is 128 Å². The zero-order valence-corrected chi connectivity index (χ0v) is 13.0. The van der Waals surface area contributed by atoms with E-state index >= 15 is 0 Å². The van der Waals surface area contributed by atoms with Gasteiger partial charge >= 0.3 is 0 Å². The molecular formula is C15H18N2O4S. The normalized spacial score (nSPS) is 16.6. The van der Waals surface area contributed by atoms with Gasteiger partial charge in [0.25, 0.3) is 0 Å². The molecule has 6 nitrogen and oxygen atoms in total. The van der Waals surface area contributed by atoms with Crippen LogP contribution in [0.2, 0.25) is 0 Å². The number of amides is 1. The molecule has 2 N–H and O–H groups in total. The first-order valence-electron chi connectivity index (χ1n) is 7.17. The molecule has 1 heterocycles. The first-order chi connectivity index (χ1) is 10.5. The maximum atomic E-state index is 12.0. The van der Waals surface area contributed by atoms with Gasteiger partial charge in [0.2, 0.25) is 15.9 Å². The molecule has 1 atom stereocenters. The number of nitrogens with one attached hydrogen (secondary N) is 2. The van der Waals surface area contributed by atoms with Gasteiger partial charge < -0.3 is 9.73 Å². The summed E-state index contributed by atoms with van der Waals surface area (Å²) >= 11 is 0. The van der Waals surface area contributed by atoms with E-state index < -0.39 is 21.7 Å². The Morgan fingerprint density at radius 3 is 2.73 bits per heavy atom. The summed E-state index contributed by atoms with van der Waals surface area (Å²) < 4.78 is 30.9. The molecule has 3 rings (SSSR count). The number of furan rings is 1. The molecule has 1 aromatic carbocycles. The molecule has 0 saturated heterocycles. The van der Waals surface area contributed by atoms with Gasteiger partial charge in [-0.1, -0.05) is 18.2 Å². The van der Waals surface area contributed by atoms with Gasteiger partial charge in [0.05, 0.1) is 6.04 Å². The molecule has 1 amide bonds. The van der Waals surface area contributed by atoms with Gasteiger partial charge in [-0.3, -0.25) is 4.79 Å². The standard InChI is InChI=1S/C15H18N2O4S/c1-16-22(19,20)9-14(18)17-15(10-6-7-10)13-8-11-4-2-3-5-12(11)21-13/h2-5,8,10,15-16H,6-7,9H2,1H3,(H,17,18)/t15-/m0/s1. The van der Waals surface area contributed by atoms with E-state index in [-0.39, 0.29) is 6.04 Å². The quantitative estimate of drug-likeness (QED) is 0.844. The van der Waals surface area contributed by atoms with Crippen molar-refractivity contribution in [3.8, 4) is 0 Å². The number of carbonyl (C=O) groups is 1. The smallest absolute Gasteiger partial charge is 0.237 e. The van der Waals surface area contributed by atoms with Crippen LogP contribution in [0.4, 0.5) is 0 Å². The van der Waals surface area contributed by atoms with E-state index in [9.17, 15) is 13.2 Å². The number of carbonyl (C=O) groups excluding carboxylic acids is 1. The topological polar surface area (TPSA) is 88.4 Å². The molecule has 7 heteroatoms. The van der Waals surface area contributed by atoms with Crippen LogP contribution in [0.25, 0.3) is 11.0 Å². The minimum absolute atomic E-state index is 0.271. The van der Waals surface area contributed by atoms with Crippen LogP contribution in [-0.4, -0.2) is 27.1 Å². The van der Waals surface area contributed by atoms with Crippen molar-refractivity contribution in [2.45, 2.75) is 18.9 Å². The minimum atomic E-state index is -3.57. The molecule has 22 heavy (non-hydrogen) atoms. The van der Waals surface area contributed by atoms with Crippen molar-refractivity contribution in [1.29, 1.82) is 0 Å². The van der Waals surface area contributed by atoms with Crippen LogP contribution in [0, 0.1) is 5.92 Å². The van der Waals surface area contributed by atoms with Crippen molar-refractivity contribution >= 4 is 26.9 Å². The first kappa shape index (κ1) is 15.1. The molecule has 0 unspecified atom stereocenters. The molecule has 118 valence electrons. The molecule has 1 aliphatic rings. The van der Waals surface area contributed by atoms with Gasteiger partial charge in [-0.05, 0) is 37.9 Å². The molecule has 1 saturated carbocycles. The van der Waals surface area contributed by atoms with Gasteiger partial charge in [-0.2, -0.15) is 0 Å². The third kappa shape index (κ3) is 3.31. The van der Waals surface area contributed by atoms with Crippen molar-refractivity contribution in [2.75, 3.05) is 12.8 Å². The van der Waals surface area contributed by atoms with Crippen molar-refractivity contribution in [2.24, 2.45) is 5.92 Å². The van der Waals surface area contributed by atoms with Gasteiger partial charge in [0.15, 0.2) is 0 Å². The lowest BCUT2D eigenvalue weighted by Gasteiger charge is -2.15. The van der Waals surface area contributed by atoms with Crippen LogP contribution in [0.3, 0.4) is 0 Å². The van der Waals surface area contributed by atoms with Crippen LogP contribution < -0.4 is 10.0 Å². The lowest BCUT2D eigenvalue weighted by atomic mass is 10.1. The second-order valence-electron chi connectivity index (χ2n) is 5.53. The molecule has 1 aromatic heterocycles. The van der Waals surface area contributed by atoms with Gasteiger partial charge in [-0.15, -0.1) is 0 Å². The second kappa shape index (κ2) is 5.73. The van der Waals surface area contributed by atoms with E-state index in [4.69, 9.17) is 4.42 Å². The summed E-state index contributed by atoms with van der Waals surface area (Å²) in [6.45, 7) is 0. The van der Waals surface area contributed by atoms with Crippen LogP contribution >= 0.6 is 0 Å². The number of hydrogen-bond acceptors (Lipinski definition) is 4. The highest BCUT2D eigenvalue weighted by molar-refractivity contribution is 7.90. The van der Waals surface area contributed by atoms with E-state index in [0.29, 0.717) is 11.7 Å². The van der Waals surface area contributed by atoms with Crippen molar-refractivity contribution in [3.05, 3.63) is 36.1 Å². The predicted molar refractivity (Wildman–Crippen MR) is 82.7 cm³/mol. The first-order valence-corrected chi connectivity index (χ1v) is 8.83.